The van der Waals surface area contributed by atoms with Crippen molar-refractivity contribution >= 4 is 27.7 Å². The lowest BCUT2D eigenvalue weighted by molar-refractivity contribution is 0.112. The summed E-state index contributed by atoms with van der Waals surface area (Å²) >= 11 is 1.35. The van der Waals surface area contributed by atoms with Gasteiger partial charge in [-0.25, -0.2) is 4.39 Å². The molecule has 72 valence electrons. The quantitative estimate of drug-likeness (QED) is 0.691. The Balaban J connectivity index is 2.88. The summed E-state index contributed by atoms with van der Waals surface area (Å²) in [6, 6.07) is 4.94. The van der Waals surface area contributed by atoms with Gasteiger partial charge in [0.1, 0.15) is 5.82 Å². The number of aldehydes is 1. The van der Waals surface area contributed by atoms with E-state index in [1.165, 1.54) is 17.4 Å². The number of carbonyl (C=O) groups is 1. The predicted molar refractivity (Wildman–Crippen MR) is 56.5 cm³/mol. The van der Waals surface area contributed by atoms with Crippen LogP contribution >= 0.6 is 11.3 Å². The lowest BCUT2D eigenvalue weighted by Crippen LogP contribution is -1.85. The van der Waals surface area contributed by atoms with Gasteiger partial charge in [-0.1, -0.05) is 13.0 Å². The first-order chi connectivity index (χ1) is 6.77. The minimum absolute atomic E-state index is 0.233. The van der Waals surface area contributed by atoms with Crippen LogP contribution < -0.4 is 0 Å². The molecule has 0 radical (unpaired) electrons. The van der Waals surface area contributed by atoms with Crippen LogP contribution in [0.5, 0.6) is 0 Å². The van der Waals surface area contributed by atoms with E-state index >= 15 is 0 Å². The zero-order valence-electron chi connectivity index (χ0n) is 7.71. The lowest BCUT2D eigenvalue weighted by atomic mass is 10.1. The molecule has 2 aromatic rings. The van der Waals surface area contributed by atoms with E-state index in [4.69, 9.17) is 0 Å². The molecule has 0 fully saturated rings. The largest absolute Gasteiger partial charge is 0.297 e. The Kier molecular flexibility index (Phi) is 2.33. The first-order valence-corrected chi connectivity index (χ1v) is 5.24. The molecule has 0 saturated heterocycles. The van der Waals surface area contributed by atoms with Gasteiger partial charge in [0.2, 0.25) is 0 Å². The molecule has 0 atom stereocenters. The van der Waals surface area contributed by atoms with Crippen molar-refractivity contribution < 1.29 is 9.18 Å². The van der Waals surface area contributed by atoms with E-state index < -0.39 is 0 Å². The van der Waals surface area contributed by atoms with Gasteiger partial charge in [-0.05, 0) is 24.1 Å². The van der Waals surface area contributed by atoms with Crippen LogP contribution in [0.15, 0.2) is 18.2 Å². The molecule has 2 rings (SSSR count). The number of rotatable bonds is 2. The third-order valence-corrected chi connectivity index (χ3v) is 3.38. The van der Waals surface area contributed by atoms with Gasteiger partial charge in [-0.3, -0.25) is 4.79 Å². The van der Waals surface area contributed by atoms with E-state index in [2.05, 4.69) is 0 Å². The molecule has 1 heterocycles. The smallest absolute Gasteiger partial charge is 0.160 e. The summed E-state index contributed by atoms with van der Waals surface area (Å²) in [7, 11) is 0. The molecule has 0 N–H and O–H groups in total. The fourth-order valence-corrected chi connectivity index (χ4v) is 2.76. The summed E-state index contributed by atoms with van der Waals surface area (Å²) in [4.78, 5) is 11.4. The third kappa shape index (κ3) is 1.24. The highest BCUT2D eigenvalue weighted by atomic mass is 32.1. The molecule has 1 nitrogen and oxygen atoms in total. The van der Waals surface area contributed by atoms with Crippen molar-refractivity contribution in [1.29, 1.82) is 0 Å². The highest BCUT2D eigenvalue weighted by Gasteiger charge is 2.12. The lowest BCUT2D eigenvalue weighted by Gasteiger charge is -1.96. The van der Waals surface area contributed by atoms with Gasteiger partial charge in [-0.2, -0.15) is 0 Å². The Labute approximate surface area is 85.2 Å². The second-order valence-electron chi connectivity index (χ2n) is 3.03. The van der Waals surface area contributed by atoms with E-state index in [1.807, 2.05) is 13.0 Å². The number of hydrogen-bond acceptors (Lipinski definition) is 2. The van der Waals surface area contributed by atoms with E-state index in [0.29, 0.717) is 16.7 Å². The van der Waals surface area contributed by atoms with Gasteiger partial charge in [0.15, 0.2) is 6.29 Å². The molecule has 0 unspecified atom stereocenters. The van der Waals surface area contributed by atoms with Crippen LogP contribution in [0.2, 0.25) is 0 Å². The average molecular weight is 208 g/mol. The fourth-order valence-electron chi connectivity index (χ4n) is 1.63. The first-order valence-electron chi connectivity index (χ1n) is 4.43. The van der Waals surface area contributed by atoms with Gasteiger partial charge in [-0.15, -0.1) is 11.3 Å². The maximum absolute atomic E-state index is 13.5. The number of benzene rings is 1. The minimum atomic E-state index is -0.233. The zero-order chi connectivity index (χ0) is 10.1. The van der Waals surface area contributed by atoms with Crippen molar-refractivity contribution in [2.24, 2.45) is 0 Å². The van der Waals surface area contributed by atoms with Crippen LogP contribution in [-0.2, 0) is 6.42 Å². The van der Waals surface area contributed by atoms with Gasteiger partial charge in [0, 0.05) is 10.1 Å². The highest BCUT2D eigenvalue weighted by molar-refractivity contribution is 7.20. The van der Waals surface area contributed by atoms with E-state index in [0.717, 1.165) is 16.5 Å². The second-order valence-corrected chi connectivity index (χ2v) is 4.11. The van der Waals surface area contributed by atoms with Crippen LogP contribution in [0.4, 0.5) is 4.39 Å². The van der Waals surface area contributed by atoms with Crippen molar-refractivity contribution in [2.75, 3.05) is 0 Å². The molecule has 0 spiro atoms. The topological polar surface area (TPSA) is 17.1 Å². The fraction of sp³-hybridized carbons (Fsp3) is 0.182. The molecule has 3 heteroatoms. The van der Waals surface area contributed by atoms with Gasteiger partial charge in [0.25, 0.3) is 0 Å². The van der Waals surface area contributed by atoms with Crippen LogP contribution in [0, 0.1) is 5.82 Å². The maximum Gasteiger partial charge on any atom is 0.160 e. The molecule has 1 aromatic carbocycles. The number of thiophene rings is 1. The van der Waals surface area contributed by atoms with Crippen molar-refractivity contribution in [3.05, 3.63) is 34.5 Å². The molecular weight excluding hydrogens is 199 g/mol. The minimum Gasteiger partial charge on any atom is -0.297 e. The summed E-state index contributed by atoms with van der Waals surface area (Å²) in [6.45, 7) is 1.93. The third-order valence-electron chi connectivity index (χ3n) is 2.26. The number of hydrogen-bond donors (Lipinski definition) is 0. The number of halogens is 1. The van der Waals surface area contributed by atoms with E-state index in [1.54, 1.807) is 6.07 Å². The Hall–Kier alpha value is -1.22. The summed E-state index contributed by atoms with van der Waals surface area (Å²) in [5, 5.41) is 0.613. The highest BCUT2D eigenvalue weighted by Crippen LogP contribution is 2.32. The summed E-state index contributed by atoms with van der Waals surface area (Å²) < 4.78 is 14.3. The monoisotopic (exact) mass is 208 g/mol. The molecule has 0 amide bonds. The summed E-state index contributed by atoms with van der Waals surface area (Å²) in [5.41, 5.74) is 0.832. The number of aryl methyl sites for hydroxylation is 1. The SMILES string of the molecule is CCc1c(C=O)sc2cccc(F)c12. The normalized spacial score (nSPS) is 10.7. The first kappa shape index (κ1) is 9.34. The molecule has 14 heavy (non-hydrogen) atoms. The molecule has 1 aromatic heterocycles. The molecule has 0 bridgehead atoms. The Morgan fingerprint density at radius 3 is 2.93 bits per heavy atom. The van der Waals surface area contributed by atoms with Crippen LogP contribution in [0.1, 0.15) is 22.2 Å². The zero-order valence-corrected chi connectivity index (χ0v) is 8.53. The van der Waals surface area contributed by atoms with Gasteiger partial charge >= 0.3 is 0 Å². The molecule has 0 saturated carbocycles. The summed E-state index contributed by atoms with van der Waals surface area (Å²) in [5.74, 6) is -0.233. The van der Waals surface area contributed by atoms with Crippen LogP contribution in [0.3, 0.4) is 0 Å². The van der Waals surface area contributed by atoms with Crippen molar-refractivity contribution in [3.63, 3.8) is 0 Å². The van der Waals surface area contributed by atoms with Crippen LogP contribution in [0.25, 0.3) is 10.1 Å². The Morgan fingerprint density at radius 1 is 1.50 bits per heavy atom. The Morgan fingerprint density at radius 2 is 2.29 bits per heavy atom. The van der Waals surface area contributed by atoms with E-state index in [-0.39, 0.29) is 5.82 Å². The number of fused-ring (bicyclic) bond motifs is 1. The summed E-state index contributed by atoms with van der Waals surface area (Å²) in [6.07, 6.45) is 1.50. The van der Waals surface area contributed by atoms with Crippen molar-refractivity contribution in [2.45, 2.75) is 13.3 Å². The molecular formula is C11H9FOS. The standard InChI is InChI=1S/C11H9FOS/c1-2-7-10(6-13)14-9-5-3-4-8(12)11(7)9/h3-6H,2H2,1H3. The van der Waals surface area contributed by atoms with Crippen molar-refractivity contribution in [1.82, 2.24) is 0 Å². The van der Waals surface area contributed by atoms with Crippen LogP contribution in [-0.4, -0.2) is 6.29 Å². The van der Waals surface area contributed by atoms with Gasteiger partial charge < -0.3 is 0 Å². The molecule has 0 aliphatic rings. The van der Waals surface area contributed by atoms with Crippen molar-refractivity contribution in [3.8, 4) is 0 Å². The Bertz CT molecular complexity index is 487. The number of carbonyl (C=O) groups excluding carboxylic acids is 1. The molecule has 0 aliphatic carbocycles. The maximum atomic E-state index is 13.5. The molecule has 0 aliphatic heterocycles. The van der Waals surface area contributed by atoms with E-state index in [9.17, 15) is 9.18 Å². The average Bonchev–Trinajstić information content (AvgIpc) is 2.56. The second kappa shape index (κ2) is 3.50. The van der Waals surface area contributed by atoms with Gasteiger partial charge in [0.05, 0.1) is 4.88 Å². The predicted octanol–water partition coefficient (Wildman–Crippen LogP) is 3.42.